The quantitative estimate of drug-likeness (QED) is 0.467. The Hall–Kier alpha value is -2.57. The number of benzene rings is 1. The van der Waals surface area contributed by atoms with Crippen molar-refractivity contribution in [3.63, 3.8) is 0 Å². The average molecular weight is 381 g/mol. The number of thiophene rings is 2. The number of rotatable bonds is 4. The maximum Gasteiger partial charge on any atom is 0.284 e. The number of nitrogens with zero attached hydrogens (tertiary/aromatic N) is 1. The van der Waals surface area contributed by atoms with E-state index in [4.69, 9.17) is 4.42 Å². The van der Waals surface area contributed by atoms with Crippen LogP contribution in [-0.2, 0) is 0 Å². The van der Waals surface area contributed by atoms with Crippen molar-refractivity contribution in [2.45, 2.75) is 19.8 Å². The molecule has 0 amide bonds. The molecule has 4 aromatic rings. The van der Waals surface area contributed by atoms with E-state index in [1.165, 1.54) is 22.7 Å². The summed E-state index contributed by atoms with van der Waals surface area (Å²) in [5, 5.41) is 4.35. The van der Waals surface area contributed by atoms with Crippen LogP contribution in [0.5, 0.6) is 0 Å². The van der Waals surface area contributed by atoms with Gasteiger partial charge in [0, 0.05) is 5.56 Å². The van der Waals surface area contributed by atoms with Gasteiger partial charge in [-0.2, -0.15) is 4.98 Å². The highest BCUT2D eigenvalue weighted by atomic mass is 32.1. The third-order valence-corrected chi connectivity index (χ3v) is 6.19. The Morgan fingerprint density at radius 3 is 2.62 bits per heavy atom. The Morgan fingerprint density at radius 2 is 1.92 bits per heavy atom. The molecule has 6 heteroatoms. The highest BCUT2D eigenvalue weighted by molar-refractivity contribution is 7.16. The molecule has 4 nitrogen and oxygen atoms in total. The summed E-state index contributed by atoms with van der Waals surface area (Å²) < 4.78 is 5.86. The van der Waals surface area contributed by atoms with Gasteiger partial charge in [-0.25, -0.2) is 0 Å². The van der Waals surface area contributed by atoms with Gasteiger partial charge in [0.05, 0.1) is 16.2 Å². The maximum atomic E-state index is 12.4. The van der Waals surface area contributed by atoms with Gasteiger partial charge in [-0.1, -0.05) is 30.3 Å². The SMILES string of the molecule is Cc1csc2oc(C(C)c3ccc(C(=O)c4cccs4)cc3)nc(=O)c12. The van der Waals surface area contributed by atoms with Gasteiger partial charge in [-0.15, -0.1) is 22.7 Å². The predicted octanol–water partition coefficient (Wildman–Crippen LogP) is 5.00. The second kappa shape index (κ2) is 6.63. The van der Waals surface area contributed by atoms with Crippen molar-refractivity contribution in [1.82, 2.24) is 4.98 Å². The first-order valence-corrected chi connectivity index (χ1v) is 9.87. The van der Waals surface area contributed by atoms with Gasteiger partial charge in [0.1, 0.15) is 0 Å². The molecule has 0 bridgehead atoms. The zero-order valence-electron chi connectivity index (χ0n) is 14.2. The number of ketones is 1. The first-order chi connectivity index (χ1) is 12.5. The summed E-state index contributed by atoms with van der Waals surface area (Å²) in [5.74, 6) is 0.224. The number of fused-ring (bicyclic) bond motifs is 1. The van der Waals surface area contributed by atoms with E-state index in [9.17, 15) is 9.59 Å². The molecule has 0 radical (unpaired) electrons. The van der Waals surface area contributed by atoms with Gasteiger partial charge < -0.3 is 4.42 Å². The van der Waals surface area contributed by atoms with Crippen LogP contribution >= 0.6 is 22.7 Å². The molecule has 0 aliphatic carbocycles. The van der Waals surface area contributed by atoms with E-state index < -0.39 is 0 Å². The van der Waals surface area contributed by atoms with Crippen LogP contribution in [0.2, 0.25) is 0 Å². The van der Waals surface area contributed by atoms with Gasteiger partial charge in [0.2, 0.25) is 11.7 Å². The standard InChI is InChI=1S/C20H15NO3S2/c1-11-10-26-20-16(11)18(23)21-19(24-20)12(2)13-5-7-14(8-6-13)17(22)15-4-3-9-25-15/h3-10,12H,1-2H3. The molecule has 1 unspecified atom stereocenters. The van der Waals surface area contributed by atoms with Crippen molar-refractivity contribution in [3.8, 4) is 0 Å². The molecule has 0 N–H and O–H groups in total. The molecule has 3 aromatic heterocycles. The molecule has 0 aliphatic heterocycles. The summed E-state index contributed by atoms with van der Waals surface area (Å²) in [5.41, 5.74) is 2.22. The molecule has 1 aromatic carbocycles. The number of aromatic nitrogens is 1. The molecule has 3 heterocycles. The highest BCUT2D eigenvalue weighted by Crippen LogP contribution is 2.28. The Kier molecular flexibility index (Phi) is 4.30. The molecule has 130 valence electrons. The van der Waals surface area contributed by atoms with Crippen LogP contribution in [-0.4, -0.2) is 10.8 Å². The van der Waals surface area contributed by atoms with E-state index in [0.29, 0.717) is 21.7 Å². The zero-order valence-corrected chi connectivity index (χ0v) is 15.8. The van der Waals surface area contributed by atoms with E-state index in [2.05, 4.69) is 4.98 Å². The van der Waals surface area contributed by atoms with Crippen LogP contribution < -0.4 is 5.56 Å². The summed E-state index contributed by atoms with van der Waals surface area (Å²) in [6.45, 7) is 3.82. The van der Waals surface area contributed by atoms with E-state index in [1.807, 2.05) is 48.9 Å². The van der Waals surface area contributed by atoms with Crippen molar-refractivity contribution in [2.24, 2.45) is 0 Å². The monoisotopic (exact) mass is 381 g/mol. The smallest absolute Gasteiger partial charge is 0.284 e. The number of hydrogen-bond acceptors (Lipinski definition) is 6. The summed E-state index contributed by atoms with van der Waals surface area (Å²) >= 11 is 2.84. The average Bonchev–Trinajstić information content (AvgIpc) is 3.31. The number of carbonyl (C=O) groups is 1. The van der Waals surface area contributed by atoms with E-state index in [1.54, 1.807) is 12.1 Å². The lowest BCUT2D eigenvalue weighted by Gasteiger charge is -2.10. The van der Waals surface area contributed by atoms with Crippen molar-refractivity contribution < 1.29 is 9.21 Å². The highest BCUT2D eigenvalue weighted by Gasteiger charge is 2.18. The van der Waals surface area contributed by atoms with E-state index >= 15 is 0 Å². The molecule has 0 saturated carbocycles. The predicted molar refractivity (Wildman–Crippen MR) is 105 cm³/mol. The molecule has 0 spiro atoms. The number of hydrogen-bond donors (Lipinski definition) is 0. The molecular weight excluding hydrogens is 366 g/mol. The minimum absolute atomic E-state index is 0.0133. The van der Waals surface area contributed by atoms with Crippen LogP contribution in [0.15, 0.2) is 56.4 Å². The Labute approximate surface area is 157 Å². The first-order valence-electron chi connectivity index (χ1n) is 8.11. The molecule has 1 atom stereocenters. The number of aryl methyl sites for hydroxylation is 1. The summed E-state index contributed by atoms with van der Waals surface area (Å²) in [4.78, 5) is 30.1. The fraction of sp³-hybridized carbons (Fsp3) is 0.150. The molecule has 0 aliphatic rings. The summed E-state index contributed by atoms with van der Waals surface area (Å²) in [7, 11) is 0. The lowest BCUT2D eigenvalue weighted by Crippen LogP contribution is -2.11. The number of carbonyl (C=O) groups excluding carboxylic acids is 1. The second-order valence-electron chi connectivity index (χ2n) is 6.09. The summed E-state index contributed by atoms with van der Waals surface area (Å²) in [6.07, 6.45) is 0. The maximum absolute atomic E-state index is 12.4. The second-order valence-corrected chi connectivity index (χ2v) is 7.88. The first kappa shape index (κ1) is 16.9. The molecule has 0 saturated heterocycles. The third kappa shape index (κ3) is 2.91. The summed E-state index contributed by atoms with van der Waals surface area (Å²) in [6, 6.07) is 11.1. The minimum atomic E-state index is -0.253. The van der Waals surface area contributed by atoms with Gasteiger partial charge in [-0.3, -0.25) is 9.59 Å². The van der Waals surface area contributed by atoms with Crippen LogP contribution in [0.3, 0.4) is 0 Å². The lowest BCUT2D eigenvalue weighted by molar-refractivity contribution is 0.104. The normalized spacial score (nSPS) is 12.4. The van der Waals surface area contributed by atoms with Crippen LogP contribution in [0.1, 0.15) is 45.1 Å². The molecule has 4 rings (SSSR count). The zero-order chi connectivity index (χ0) is 18.3. The van der Waals surface area contributed by atoms with Crippen molar-refractivity contribution in [3.05, 3.63) is 85.0 Å². The van der Waals surface area contributed by atoms with Gasteiger partial charge in [0.25, 0.3) is 5.56 Å². The van der Waals surface area contributed by atoms with Gasteiger partial charge in [-0.05, 0) is 41.8 Å². The Morgan fingerprint density at radius 1 is 1.15 bits per heavy atom. The van der Waals surface area contributed by atoms with Crippen molar-refractivity contribution in [1.29, 1.82) is 0 Å². The molecule has 0 fully saturated rings. The third-order valence-electron chi connectivity index (χ3n) is 4.35. The van der Waals surface area contributed by atoms with E-state index in [0.717, 1.165) is 16.0 Å². The Balaban J connectivity index is 1.65. The minimum Gasteiger partial charge on any atom is -0.431 e. The molecular formula is C20H15NO3S2. The van der Waals surface area contributed by atoms with Gasteiger partial charge in [0.15, 0.2) is 4.90 Å². The topological polar surface area (TPSA) is 60.2 Å². The fourth-order valence-corrected chi connectivity index (χ4v) is 4.41. The van der Waals surface area contributed by atoms with Crippen molar-refractivity contribution >= 4 is 38.7 Å². The fourth-order valence-electron chi connectivity index (χ4n) is 2.83. The van der Waals surface area contributed by atoms with Crippen LogP contribution in [0, 0.1) is 6.92 Å². The Bertz CT molecular complexity index is 1140. The van der Waals surface area contributed by atoms with E-state index in [-0.39, 0.29) is 17.3 Å². The van der Waals surface area contributed by atoms with Crippen LogP contribution in [0.4, 0.5) is 0 Å². The lowest BCUT2D eigenvalue weighted by atomic mass is 9.98. The van der Waals surface area contributed by atoms with Gasteiger partial charge >= 0.3 is 0 Å². The molecule has 26 heavy (non-hydrogen) atoms. The van der Waals surface area contributed by atoms with Crippen LogP contribution in [0.25, 0.3) is 10.3 Å². The largest absolute Gasteiger partial charge is 0.431 e. The van der Waals surface area contributed by atoms with Crippen molar-refractivity contribution in [2.75, 3.05) is 0 Å².